The predicted molar refractivity (Wildman–Crippen MR) is 98.2 cm³/mol. The van der Waals surface area contributed by atoms with Crippen molar-refractivity contribution in [2.45, 2.75) is 19.4 Å². The molecule has 2 aromatic carbocycles. The van der Waals surface area contributed by atoms with Crippen LogP contribution in [0, 0.1) is 5.92 Å². The van der Waals surface area contributed by atoms with Crippen LogP contribution in [0.4, 0.5) is 5.69 Å². The molecule has 0 radical (unpaired) electrons. The molecule has 5 nitrogen and oxygen atoms in total. The number of hydrogen-bond acceptors (Lipinski definition) is 4. The van der Waals surface area contributed by atoms with Gasteiger partial charge in [-0.05, 0) is 43.3 Å². The van der Waals surface area contributed by atoms with Gasteiger partial charge in [-0.25, -0.2) is 0 Å². The highest BCUT2D eigenvalue weighted by molar-refractivity contribution is 6.30. The molecule has 0 saturated carbocycles. The number of carbonyl (C=O) groups is 3. The van der Waals surface area contributed by atoms with Crippen molar-refractivity contribution in [2.24, 2.45) is 5.92 Å². The maximum Gasteiger partial charge on any atom is 0.312 e. The minimum Gasteiger partial charge on any atom is -0.454 e. The van der Waals surface area contributed by atoms with Crippen LogP contribution in [0.3, 0.4) is 0 Å². The van der Waals surface area contributed by atoms with Crippen LogP contribution >= 0.6 is 11.6 Å². The maximum atomic E-state index is 12.4. The highest BCUT2D eigenvalue weighted by atomic mass is 35.5. The fraction of sp³-hybridized carbons (Fsp3) is 0.250. The second kappa shape index (κ2) is 7.70. The molecule has 26 heavy (non-hydrogen) atoms. The molecule has 2 atom stereocenters. The molecule has 3 rings (SSSR count). The molecule has 1 aliphatic rings. The van der Waals surface area contributed by atoms with Gasteiger partial charge in [-0.1, -0.05) is 29.8 Å². The molecule has 0 N–H and O–H groups in total. The summed E-state index contributed by atoms with van der Waals surface area (Å²) < 4.78 is 5.31. The van der Waals surface area contributed by atoms with E-state index in [1.807, 2.05) is 30.3 Å². The molecule has 0 bridgehead atoms. The standard InChI is InChI=1S/C20H18ClNO4/c1-13(19(24)14-7-9-16(21)10-8-14)26-20(25)15-11-18(23)22(12-15)17-5-3-2-4-6-17/h2-10,13,15H,11-12H2,1H3/t13-,15+/m1/s1. The molecule has 0 spiro atoms. The van der Waals surface area contributed by atoms with E-state index in [1.54, 1.807) is 29.2 Å². The van der Waals surface area contributed by atoms with E-state index in [2.05, 4.69) is 0 Å². The fourth-order valence-electron chi connectivity index (χ4n) is 2.90. The number of benzene rings is 2. The summed E-state index contributed by atoms with van der Waals surface area (Å²) in [5.41, 5.74) is 1.17. The normalized spacial score (nSPS) is 17.8. The van der Waals surface area contributed by atoms with E-state index in [1.165, 1.54) is 6.92 Å². The lowest BCUT2D eigenvalue weighted by Crippen LogP contribution is -2.30. The van der Waals surface area contributed by atoms with Crippen LogP contribution in [0.25, 0.3) is 0 Å². The Morgan fingerprint density at radius 3 is 2.42 bits per heavy atom. The molecular formula is C20H18ClNO4. The van der Waals surface area contributed by atoms with Gasteiger partial charge in [0.2, 0.25) is 11.7 Å². The number of amides is 1. The predicted octanol–water partition coefficient (Wildman–Crippen LogP) is 3.51. The lowest BCUT2D eigenvalue weighted by atomic mass is 10.1. The Balaban J connectivity index is 1.62. The molecule has 0 aliphatic carbocycles. The van der Waals surface area contributed by atoms with Crippen LogP contribution in [0.15, 0.2) is 54.6 Å². The third-order valence-electron chi connectivity index (χ3n) is 4.32. The summed E-state index contributed by atoms with van der Waals surface area (Å²) in [6.07, 6.45) is -0.847. The monoisotopic (exact) mass is 371 g/mol. The van der Waals surface area contributed by atoms with E-state index in [-0.39, 0.29) is 24.7 Å². The largest absolute Gasteiger partial charge is 0.454 e. The Kier molecular flexibility index (Phi) is 5.38. The van der Waals surface area contributed by atoms with Crippen LogP contribution in [0.2, 0.25) is 5.02 Å². The number of nitrogens with zero attached hydrogens (tertiary/aromatic N) is 1. The Hall–Kier alpha value is -2.66. The lowest BCUT2D eigenvalue weighted by molar-refractivity contribution is -0.151. The Labute approximate surface area is 156 Å². The van der Waals surface area contributed by atoms with Gasteiger partial charge in [-0.2, -0.15) is 0 Å². The van der Waals surface area contributed by atoms with Gasteiger partial charge in [0.25, 0.3) is 0 Å². The number of anilines is 1. The van der Waals surface area contributed by atoms with Crippen LogP contribution < -0.4 is 4.90 Å². The van der Waals surface area contributed by atoms with Crippen LogP contribution in [0.5, 0.6) is 0 Å². The number of para-hydroxylation sites is 1. The van der Waals surface area contributed by atoms with Gasteiger partial charge in [-0.15, -0.1) is 0 Å². The first-order valence-corrected chi connectivity index (χ1v) is 8.69. The van der Waals surface area contributed by atoms with Crippen molar-refractivity contribution in [2.75, 3.05) is 11.4 Å². The number of hydrogen-bond donors (Lipinski definition) is 0. The van der Waals surface area contributed by atoms with Crippen molar-refractivity contribution in [1.82, 2.24) is 0 Å². The van der Waals surface area contributed by atoms with Gasteiger partial charge in [0, 0.05) is 29.2 Å². The van der Waals surface area contributed by atoms with Gasteiger partial charge in [0.15, 0.2) is 6.10 Å². The average molecular weight is 372 g/mol. The summed E-state index contributed by atoms with van der Waals surface area (Å²) in [4.78, 5) is 38.5. The zero-order valence-corrected chi connectivity index (χ0v) is 15.0. The molecule has 0 unspecified atom stereocenters. The minimum atomic E-state index is -0.926. The van der Waals surface area contributed by atoms with Gasteiger partial charge in [0.05, 0.1) is 5.92 Å². The number of Topliss-reactive ketones (excluding diaryl/α,β-unsaturated/α-hetero) is 1. The fourth-order valence-corrected chi connectivity index (χ4v) is 3.02. The highest BCUT2D eigenvalue weighted by Crippen LogP contribution is 2.26. The maximum absolute atomic E-state index is 12.4. The second-order valence-corrected chi connectivity index (χ2v) is 6.63. The van der Waals surface area contributed by atoms with Gasteiger partial charge >= 0.3 is 5.97 Å². The molecule has 0 aromatic heterocycles. The number of esters is 1. The smallest absolute Gasteiger partial charge is 0.312 e. The first-order chi connectivity index (χ1) is 12.5. The van der Waals surface area contributed by atoms with Gasteiger partial charge in [0.1, 0.15) is 0 Å². The lowest BCUT2D eigenvalue weighted by Gasteiger charge is -2.17. The third-order valence-corrected chi connectivity index (χ3v) is 4.57. The van der Waals surface area contributed by atoms with E-state index in [0.717, 1.165) is 5.69 Å². The average Bonchev–Trinajstić information content (AvgIpc) is 3.04. The Morgan fingerprint density at radius 2 is 1.77 bits per heavy atom. The third kappa shape index (κ3) is 3.94. The van der Waals surface area contributed by atoms with E-state index in [0.29, 0.717) is 10.6 Å². The first kappa shape index (κ1) is 18.1. The molecule has 1 amide bonds. The summed E-state index contributed by atoms with van der Waals surface area (Å²) in [6.45, 7) is 1.78. The zero-order chi connectivity index (χ0) is 18.7. The summed E-state index contributed by atoms with van der Waals surface area (Å²) in [6, 6.07) is 15.6. The second-order valence-electron chi connectivity index (χ2n) is 6.19. The Morgan fingerprint density at radius 1 is 1.12 bits per heavy atom. The van der Waals surface area contributed by atoms with E-state index in [9.17, 15) is 14.4 Å². The molecule has 1 saturated heterocycles. The summed E-state index contributed by atoms with van der Waals surface area (Å²) >= 11 is 5.81. The van der Waals surface area contributed by atoms with Gasteiger partial charge in [-0.3, -0.25) is 14.4 Å². The van der Waals surface area contributed by atoms with E-state index < -0.39 is 18.0 Å². The van der Waals surface area contributed by atoms with Crippen molar-refractivity contribution >= 4 is 34.9 Å². The number of halogens is 1. The van der Waals surface area contributed by atoms with Crippen molar-refractivity contribution in [3.8, 4) is 0 Å². The van der Waals surface area contributed by atoms with Crippen molar-refractivity contribution in [3.05, 3.63) is 65.2 Å². The topological polar surface area (TPSA) is 63.7 Å². The minimum absolute atomic E-state index is 0.0790. The Bertz CT molecular complexity index is 819. The van der Waals surface area contributed by atoms with Crippen LogP contribution in [-0.4, -0.2) is 30.3 Å². The highest BCUT2D eigenvalue weighted by Gasteiger charge is 2.37. The van der Waals surface area contributed by atoms with Crippen LogP contribution in [-0.2, 0) is 14.3 Å². The molecular weight excluding hydrogens is 354 g/mol. The molecule has 1 aliphatic heterocycles. The molecule has 134 valence electrons. The summed E-state index contributed by atoms with van der Waals surface area (Å²) in [5.74, 6) is -1.55. The summed E-state index contributed by atoms with van der Waals surface area (Å²) in [7, 11) is 0. The molecule has 6 heteroatoms. The van der Waals surface area contributed by atoms with Gasteiger partial charge < -0.3 is 9.64 Å². The molecule has 1 fully saturated rings. The molecule has 2 aromatic rings. The number of ketones is 1. The quantitative estimate of drug-likeness (QED) is 0.596. The first-order valence-electron chi connectivity index (χ1n) is 8.31. The van der Waals surface area contributed by atoms with Crippen LogP contribution in [0.1, 0.15) is 23.7 Å². The number of ether oxygens (including phenoxy) is 1. The zero-order valence-electron chi connectivity index (χ0n) is 14.2. The van der Waals surface area contributed by atoms with E-state index >= 15 is 0 Å². The summed E-state index contributed by atoms with van der Waals surface area (Å²) in [5, 5.41) is 0.525. The number of carbonyl (C=O) groups excluding carboxylic acids is 3. The molecule has 1 heterocycles. The number of rotatable bonds is 5. The van der Waals surface area contributed by atoms with E-state index in [4.69, 9.17) is 16.3 Å². The van der Waals surface area contributed by atoms with Crippen molar-refractivity contribution < 1.29 is 19.1 Å². The SMILES string of the molecule is C[C@@H](OC(=O)[C@H]1CC(=O)N(c2ccccc2)C1)C(=O)c1ccc(Cl)cc1. The van der Waals surface area contributed by atoms with Crippen molar-refractivity contribution in [3.63, 3.8) is 0 Å². The van der Waals surface area contributed by atoms with Crippen molar-refractivity contribution in [1.29, 1.82) is 0 Å².